The summed E-state index contributed by atoms with van der Waals surface area (Å²) >= 11 is 0. The molecule has 1 heterocycles. The van der Waals surface area contributed by atoms with E-state index in [4.69, 9.17) is 0 Å². The minimum absolute atomic E-state index is 0.178. The third-order valence-corrected chi connectivity index (χ3v) is 4.62. The maximum Gasteiger partial charge on any atom is 0.319 e. The summed E-state index contributed by atoms with van der Waals surface area (Å²) in [5.74, 6) is 0. The van der Waals surface area contributed by atoms with Crippen LogP contribution in [-0.4, -0.2) is 38.1 Å². The second kappa shape index (κ2) is 8.72. The van der Waals surface area contributed by atoms with Crippen molar-refractivity contribution in [3.8, 4) is 0 Å². The van der Waals surface area contributed by atoms with Gasteiger partial charge in [-0.15, -0.1) is 0 Å². The summed E-state index contributed by atoms with van der Waals surface area (Å²) in [7, 11) is 4.09. The molecular formula is C21H28N4O. The first-order valence-corrected chi connectivity index (χ1v) is 9.23. The standard InChI is InChI=1S/C21H28N4O/c1-24(2)16-18-9-4-3-8-17(18)15-22-21(26)23-19-10-7-11-20(14-19)25-12-5-6-13-25/h3-4,7-11,14H,5-6,12-13,15-16H2,1-2H3,(H2,22,23,26). The predicted octanol–water partition coefficient (Wildman–Crippen LogP) is 3.67. The number of carbonyl (C=O) groups excluding carboxylic acids is 1. The minimum Gasteiger partial charge on any atom is -0.371 e. The topological polar surface area (TPSA) is 47.6 Å². The fraction of sp³-hybridized carbons (Fsp3) is 0.381. The molecule has 0 radical (unpaired) electrons. The third kappa shape index (κ3) is 4.99. The Bertz CT molecular complexity index is 738. The van der Waals surface area contributed by atoms with Crippen molar-refractivity contribution in [2.24, 2.45) is 0 Å². The van der Waals surface area contributed by atoms with Crippen LogP contribution in [0, 0.1) is 0 Å². The molecule has 5 heteroatoms. The summed E-state index contributed by atoms with van der Waals surface area (Å²) in [6.07, 6.45) is 2.48. The van der Waals surface area contributed by atoms with Crippen molar-refractivity contribution in [1.29, 1.82) is 0 Å². The van der Waals surface area contributed by atoms with Crippen molar-refractivity contribution >= 4 is 17.4 Å². The Morgan fingerprint density at radius 1 is 1.04 bits per heavy atom. The molecule has 3 rings (SSSR count). The Labute approximate surface area is 156 Å². The molecule has 26 heavy (non-hydrogen) atoms. The van der Waals surface area contributed by atoms with Gasteiger partial charge >= 0.3 is 6.03 Å². The van der Waals surface area contributed by atoms with E-state index in [0.717, 1.165) is 30.9 Å². The van der Waals surface area contributed by atoms with Gasteiger partial charge in [-0.3, -0.25) is 0 Å². The molecule has 2 amide bonds. The van der Waals surface area contributed by atoms with Crippen LogP contribution < -0.4 is 15.5 Å². The van der Waals surface area contributed by atoms with Gasteiger partial charge in [0.15, 0.2) is 0 Å². The van der Waals surface area contributed by atoms with E-state index in [9.17, 15) is 4.79 Å². The summed E-state index contributed by atoms with van der Waals surface area (Å²) in [4.78, 5) is 16.8. The molecule has 0 aliphatic carbocycles. The summed E-state index contributed by atoms with van der Waals surface area (Å²) in [6.45, 7) is 3.57. The molecule has 1 saturated heterocycles. The first-order chi connectivity index (χ1) is 12.6. The van der Waals surface area contributed by atoms with Crippen LogP contribution in [0.4, 0.5) is 16.2 Å². The van der Waals surface area contributed by atoms with Crippen LogP contribution in [0.3, 0.4) is 0 Å². The lowest BCUT2D eigenvalue weighted by Crippen LogP contribution is -2.29. The van der Waals surface area contributed by atoms with Crippen molar-refractivity contribution in [3.05, 3.63) is 59.7 Å². The zero-order valence-corrected chi connectivity index (χ0v) is 15.7. The van der Waals surface area contributed by atoms with Gasteiger partial charge in [0.1, 0.15) is 0 Å². The van der Waals surface area contributed by atoms with Crippen molar-refractivity contribution in [3.63, 3.8) is 0 Å². The van der Waals surface area contributed by atoms with Crippen LogP contribution in [0.2, 0.25) is 0 Å². The summed E-state index contributed by atoms with van der Waals surface area (Å²) < 4.78 is 0. The molecule has 0 saturated carbocycles. The minimum atomic E-state index is -0.178. The Balaban J connectivity index is 1.57. The maximum absolute atomic E-state index is 12.3. The number of urea groups is 1. The fourth-order valence-electron chi connectivity index (χ4n) is 3.33. The molecule has 5 nitrogen and oxygen atoms in total. The highest BCUT2D eigenvalue weighted by Crippen LogP contribution is 2.23. The number of nitrogens with one attached hydrogen (secondary N) is 2. The average molecular weight is 352 g/mol. The van der Waals surface area contributed by atoms with Gasteiger partial charge in [0.05, 0.1) is 0 Å². The van der Waals surface area contributed by atoms with Gasteiger partial charge in [-0.05, 0) is 56.3 Å². The molecule has 0 aromatic heterocycles. The lowest BCUT2D eigenvalue weighted by atomic mass is 10.1. The van der Waals surface area contributed by atoms with Crippen molar-refractivity contribution in [2.75, 3.05) is 37.4 Å². The van der Waals surface area contributed by atoms with E-state index in [2.05, 4.69) is 38.6 Å². The summed E-state index contributed by atoms with van der Waals surface area (Å²) in [5.41, 5.74) is 4.38. The second-order valence-electron chi connectivity index (χ2n) is 7.06. The quantitative estimate of drug-likeness (QED) is 0.834. The van der Waals surface area contributed by atoms with E-state index < -0.39 is 0 Å². The van der Waals surface area contributed by atoms with Gasteiger partial charge in [0.25, 0.3) is 0 Å². The normalized spacial score (nSPS) is 13.9. The Hall–Kier alpha value is -2.53. The number of hydrogen-bond donors (Lipinski definition) is 2. The van der Waals surface area contributed by atoms with E-state index in [1.807, 2.05) is 44.4 Å². The first-order valence-electron chi connectivity index (χ1n) is 9.23. The summed E-state index contributed by atoms with van der Waals surface area (Å²) in [6, 6.07) is 16.1. The number of amides is 2. The Morgan fingerprint density at radius 3 is 2.50 bits per heavy atom. The number of carbonyl (C=O) groups is 1. The molecule has 1 aliphatic heterocycles. The van der Waals surface area contributed by atoms with Crippen LogP contribution in [0.5, 0.6) is 0 Å². The predicted molar refractivity (Wildman–Crippen MR) is 108 cm³/mol. The zero-order valence-electron chi connectivity index (χ0n) is 15.7. The molecule has 0 spiro atoms. The molecule has 0 bridgehead atoms. The largest absolute Gasteiger partial charge is 0.371 e. The average Bonchev–Trinajstić information content (AvgIpc) is 3.15. The van der Waals surface area contributed by atoms with Crippen molar-refractivity contribution in [2.45, 2.75) is 25.9 Å². The van der Waals surface area contributed by atoms with Crippen LogP contribution in [0.25, 0.3) is 0 Å². The van der Waals surface area contributed by atoms with E-state index in [1.165, 1.54) is 24.1 Å². The van der Waals surface area contributed by atoms with Crippen LogP contribution in [-0.2, 0) is 13.1 Å². The zero-order chi connectivity index (χ0) is 18.4. The van der Waals surface area contributed by atoms with Crippen LogP contribution >= 0.6 is 0 Å². The van der Waals surface area contributed by atoms with E-state index in [0.29, 0.717) is 6.54 Å². The number of hydrogen-bond acceptors (Lipinski definition) is 3. The number of anilines is 2. The maximum atomic E-state index is 12.3. The SMILES string of the molecule is CN(C)Cc1ccccc1CNC(=O)Nc1cccc(N2CCCC2)c1. The molecule has 138 valence electrons. The number of rotatable bonds is 6. The Kier molecular flexibility index (Phi) is 6.12. The van der Waals surface area contributed by atoms with Gasteiger partial charge in [0.2, 0.25) is 0 Å². The number of benzene rings is 2. The monoisotopic (exact) mass is 352 g/mol. The molecular weight excluding hydrogens is 324 g/mol. The van der Waals surface area contributed by atoms with E-state index in [1.54, 1.807) is 0 Å². The lowest BCUT2D eigenvalue weighted by Gasteiger charge is -2.18. The van der Waals surface area contributed by atoms with Crippen molar-refractivity contribution in [1.82, 2.24) is 10.2 Å². The molecule has 2 N–H and O–H groups in total. The van der Waals surface area contributed by atoms with Gasteiger partial charge < -0.3 is 20.4 Å². The lowest BCUT2D eigenvalue weighted by molar-refractivity contribution is 0.251. The van der Waals surface area contributed by atoms with Crippen LogP contribution in [0.15, 0.2) is 48.5 Å². The highest BCUT2D eigenvalue weighted by Gasteiger charge is 2.13. The fourth-order valence-corrected chi connectivity index (χ4v) is 3.33. The van der Waals surface area contributed by atoms with Gasteiger partial charge in [-0.2, -0.15) is 0 Å². The Morgan fingerprint density at radius 2 is 1.77 bits per heavy atom. The van der Waals surface area contributed by atoms with Gasteiger partial charge in [-0.1, -0.05) is 30.3 Å². The third-order valence-electron chi connectivity index (χ3n) is 4.62. The van der Waals surface area contributed by atoms with Crippen LogP contribution in [0.1, 0.15) is 24.0 Å². The highest BCUT2D eigenvalue weighted by molar-refractivity contribution is 5.89. The van der Waals surface area contributed by atoms with Gasteiger partial charge in [0, 0.05) is 37.6 Å². The number of nitrogens with zero attached hydrogens (tertiary/aromatic N) is 2. The van der Waals surface area contributed by atoms with E-state index >= 15 is 0 Å². The molecule has 1 fully saturated rings. The molecule has 0 unspecified atom stereocenters. The van der Waals surface area contributed by atoms with Gasteiger partial charge in [-0.25, -0.2) is 4.79 Å². The first kappa shape index (κ1) is 18.3. The molecule has 2 aromatic rings. The molecule has 0 atom stereocenters. The summed E-state index contributed by atoms with van der Waals surface area (Å²) in [5, 5.41) is 5.92. The second-order valence-corrected chi connectivity index (χ2v) is 7.06. The molecule has 1 aliphatic rings. The molecule has 2 aromatic carbocycles. The van der Waals surface area contributed by atoms with Crippen molar-refractivity contribution < 1.29 is 4.79 Å². The van der Waals surface area contributed by atoms with E-state index in [-0.39, 0.29) is 6.03 Å². The smallest absolute Gasteiger partial charge is 0.319 e. The highest BCUT2D eigenvalue weighted by atomic mass is 16.2.